The van der Waals surface area contributed by atoms with Crippen LogP contribution in [0.2, 0.25) is 5.15 Å². The number of H-pyrrole nitrogens is 1. The van der Waals surface area contributed by atoms with Gasteiger partial charge in [0.2, 0.25) is 0 Å². The van der Waals surface area contributed by atoms with Gasteiger partial charge < -0.3 is 20.5 Å². The molecule has 2 aromatic carbocycles. The lowest BCUT2D eigenvalue weighted by molar-refractivity contribution is 0.0649. The first-order chi connectivity index (χ1) is 18.0. The lowest BCUT2D eigenvalue weighted by Gasteiger charge is -2.37. The average molecular weight is 533 g/mol. The Morgan fingerprint density at radius 1 is 1.11 bits per heavy atom. The van der Waals surface area contributed by atoms with Crippen molar-refractivity contribution in [2.24, 2.45) is 0 Å². The molecule has 4 aromatic rings. The van der Waals surface area contributed by atoms with E-state index in [-0.39, 0.29) is 18.0 Å². The summed E-state index contributed by atoms with van der Waals surface area (Å²) in [6, 6.07) is 16.1. The maximum absolute atomic E-state index is 13.7. The molecule has 3 amide bonds. The molecule has 1 atom stereocenters. The summed E-state index contributed by atoms with van der Waals surface area (Å²) >= 11 is 7.64. The molecule has 5 rings (SSSR count). The van der Waals surface area contributed by atoms with Gasteiger partial charge in [-0.3, -0.25) is 4.79 Å². The first kappa shape index (κ1) is 24.9. The van der Waals surface area contributed by atoms with Crippen molar-refractivity contribution in [3.05, 3.63) is 101 Å². The van der Waals surface area contributed by atoms with Crippen LogP contribution < -0.4 is 10.6 Å². The number of benzene rings is 2. The van der Waals surface area contributed by atoms with E-state index >= 15 is 0 Å². The van der Waals surface area contributed by atoms with E-state index in [2.05, 4.69) is 25.6 Å². The highest BCUT2D eigenvalue weighted by atomic mass is 35.5. The summed E-state index contributed by atoms with van der Waals surface area (Å²) < 4.78 is 0. The zero-order valence-corrected chi connectivity index (χ0v) is 21.6. The molecule has 1 aliphatic heterocycles. The number of hydrogen-bond acceptors (Lipinski definition) is 5. The second kappa shape index (κ2) is 11.1. The van der Waals surface area contributed by atoms with E-state index in [1.54, 1.807) is 36.4 Å². The highest BCUT2D eigenvalue weighted by Crippen LogP contribution is 2.34. The van der Waals surface area contributed by atoms with Crippen LogP contribution in [0.3, 0.4) is 0 Å². The summed E-state index contributed by atoms with van der Waals surface area (Å²) in [5, 5.41) is 6.08. The minimum Gasteiger partial charge on any atom is -0.351 e. The fraction of sp³-hybridized carbons (Fsp3) is 0.185. The van der Waals surface area contributed by atoms with Crippen LogP contribution in [0, 0.1) is 0 Å². The molecule has 0 fully saturated rings. The van der Waals surface area contributed by atoms with Gasteiger partial charge in [0.1, 0.15) is 5.15 Å². The number of thioether (sulfide) groups is 1. The van der Waals surface area contributed by atoms with Crippen molar-refractivity contribution in [3.8, 4) is 0 Å². The maximum atomic E-state index is 13.7. The van der Waals surface area contributed by atoms with Crippen LogP contribution >= 0.6 is 23.4 Å². The quantitative estimate of drug-likeness (QED) is 0.206. The third-order valence-corrected chi connectivity index (χ3v) is 7.26. The number of carbonyl (C=O) groups excluding carboxylic acids is 2. The number of halogens is 1. The molecule has 0 spiro atoms. The number of aromatic amines is 1. The molecule has 10 heteroatoms. The molecule has 1 aliphatic rings. The smallest absolute Gasteiger partial charge is 0.323 e. The van der Waals surface area contributed by atoms with Crippen molar-refractivity contribution in [2.45, 2.75) is 23.8 Å². The van der Waals surface area contributed by atoms with Crippen molar-refractivity contribution >= 4 is 46.7 Å². The third-order valence-electron chi connectivity index (χ3n) is 6.30. The highest BCUT2D eigenvalue weighted by molar-refractivity contribution is 7.98. The second-order valence-electron chi connectivity index (χ2n) is 8.62. The summed E-state index contributed by atoms with van der Waals surface area (Å²) in [4.78, 5) is 40.8. The van der Waals surface area contributed by atoms with Gasteiger partial charge in [-0.15, -0.1) is 11.8 Å². The predicted octanol–water partition coefficient (Wildman–Crippen LogP) is 5.81. The first-order valence-corrected chi connectivity index (χ1v) is 13.4. The van der Waals surface area contributed by atoms with Crippen LogP contribution in [-0.4, -0.2) is 44.6 Å². The SMILES string of the molecule is CSc1ccc(NC(=O)Nc2ccc3c(c2)C(=O)N(CCc2c[nH]cn2)C(c2ccc(Cl)nc2)C3)cc1. The molecule has 0 bridgehead atoms. The number of aromatic nitrogens is 3. The molecular weight excluding hydrogens is 508 g/mol. The molecule has 1 unspecified atom stereocenters. The van der Waals surface area contributed by atoms with Gasteiger partial charge in [-0.2, -0.15) is 0 Å². The van der Waals surface area contributed by atoms with Crippen LogP contribution in [0.5, 0.6) is 0 Å². The fourth-order valence-corrected chi connectivity index (χ4v) is 4.94. The minimum absolute atomic E-state index is 0.103. The Labute approximate surface area is 223 Å². The van der Waals surface area contributed by atoms with Gasteiger partial charge in [-0.1, -0.05) is 23.7 Å². The van der Waals surface area contributed by atoms with Crippen molar-refractivity contribution in [1.82, 2.24) is 19.9 Å². The molecule has 37 heavy (non-hydrogen) atoms. The maximum Gasteiger partial charge on any atom is 0.323 e. The zero-order chi connectivity index (χ0) is 25.8. The van der Waals surface area contributed by atoms with Crippen LogP contribution in [0.15, 0.2) is 78.2 Å². The van der Waals surface area contributed by atoms with Crippen molar-refractivity contribution in [1.29, 1.82) is 0 Å². The zero-order valence-electron chi connectivity index (χ0n) is 20.1. The van der Waals surface area contributed by atoms with Crippen molar-refractivity contribution < 1.29 is 9.59 Å². The molecule has 0 saturated heterocycles. The molecular formula is C27H25ClN6O2S. The molecule has 2 aromatic heterocycles. The first-order valence-electron chi connectivity index (χ1n) is 11.8. The largest absolute Gasteiger partial charge is 0.351 e. The van der Waals surface area contributed by atoms with Crippen LogP contribution in [-0.2, 0) is 12.8 Å². The van der Waals surface area contributed by atoms with Crippen LogP contribution in [0.1, 0.15) is 33.2 Å². The molecule has 3 heterocycles. The number of amides is 3. The Bertz CT molecular complexity index is 1390. The number of hydrogen-bond donors (Lipinski definition) is 3. The number of carbonyl (C=O) groups is 2. The molecule has 0 saturated carbocycles. The van der Waals surface area contributed by atoms with Gasteiger partial charge in [-0.25, -0.2) is 14.8 Å². The van der Waals surface area contributed by atoms with E-state index in [0.717, 1.165) is 21.7 Å². The van der Waals surface area contributed by atoms with Gasteiger partial charge in [0.25, 0.3) is 5.91 Å². The monoisotopic (exact) mass is 532 g/mol. The summed E-state index contributed by atoms with van der Waals surface area (Å²) in [5.41, 5.74) is 4.52. The van der Waals surface area contributed by atoms with Gasteiger partial charge in [0.15, 0.2) is 0 Å². The Balaban J connectivity index is 1.36. The number of anilines is 2. The lowest BCUT2D eigenvalue weighted by Crippen LogP contribution is -2.41. The van der Waals surface area contributed by atoms with E-state index in [1.807, 2.05) is 59.8 Å². The summed E-state index contributed by atoms with van der Waals surface area (Å²) in [5.74, 6) is -0.103. The number of fused-ring (bicyclic) bond motifs is 1. The number of imidazole rings is 1. The Morgan fingerprint density at radius 2 is 1.89 bits per heavy atom. The Hall–Kier alpha value is -3.82. The molecule has 3 N–H and O–H groups in total. The van der Waals surface area contributed by atoms with Crippen molar-refractivity contribution in [3.63, 3.8) is 0 Å². The van der Waals surface area contributed by atoms with E-state index in [0.29, 0.717) is 41.5 Å². The summed E-state index contributed by atoms with van der Waals surface area (Å²) in [7, 11) is 0. The lowest BCUT2D eigenvalue weighted by atomic mass is 9.89. The molecule has 0 radical (unpaired) electrons. The number of rotatable bonds is 7. The van der Waals surface area contributed by atoms with Gasteiger partial charge >= 0.3 is 6.03 Å². The molecule has 188 valence electrons. The Morgan fingerprint density at radius 3 is 2.59 bits per heavy atom. The average Bonchev–Trinajstić information content (AvgIpc) is 3.43. The number of pyridine rings is 1. The normalized spacial score (nSPS) is 14.8. The summed E-state index contributed by atoms with van der Waals surface area (Å²) in [6.45, 7) is 0.487. The van der Waals surface area contributed by atoms with Gasteiger partial charge in [0.05, 0.1) is 18.1 Å². The van der Waals surface area contributed by atoms with Crippen LogP contribution in [0.4, 0.5) is 16.2 Å². The van der Waals surface area contributed by atoms with Gasteiger partial charge in [0, 0.05) is 47.2 Å². The van der Waals surface area contributed by atoms with Crippen LogP contribution in [0.25, 0.3) is 0 Å². The third kappa shape index (κ3) is 5.79. The highest BCUT2D eigenvalue weighted by Gasteiger charge is 2.33. The van der Waals surface area contributed by atoms with Crippen molar-refractivity contribution in [2.75, 3.05) is 23.4 Å². The fourth-order valence-electron chi connectivity index (χ4n) is 4.42. The number of nitrogens with one attached hydrogen (secondary N) is 3. The van der Waals surface area contributed by atoms with E-state index in [1.165, 1.54) is 0 Å². The van der Waals surface area contributed by atoms with E-state index in [4.69, 9.17) is 11.6 Å². The standard InChI is InChI=1S/C27H25ClN6O2S/c1-37-22-7-5-19(6-8-22)32-27(36)33-20-4-2-17-12-24(18-3-9-25(28)30-14-18)34(26(35)23(17)13-20)11-10-21-15-29-16-31-21/h2-9,13-16,24H,10-12H2,1H3,(H,29,31)(H2,32,33,36). The van der Waals surface area contributed by atoms with E-state index in [9.17, 15) is 9.59 Å². The molecule has 8 nitrogen and oxygen atoms in total. The second-order valence-corrected chi connectivity index (χ2v) is 9.89. The minimum atomic E-state index is -0.374. The number of urea groups is 1. The van der Waals surface area contributed by atoms with Gasteiger partial charge in [-0.05, 0) is 66.3 Å². The van der Waals surface area contributed by atoms with E-state index < -0.39 is 0 Å². The Kier molecular flexibility index (Phi) is 7.43. The molecule has 0 aliphatic carbocycles. The predicted molar refractivity (Wildman–Crippen MR) is 146 cm³/mol. The topological polar surface area (TPSA) is 103 Å². The summed E-state index contributed by atoms with van der Waals surface area (Å²) in [6.07, 6.45) is 8.41. The number of nitrogens with zero attached hydrogens (tertiary/aromatic N) is 3.